The van der Waals surface area contributed by atoms with Crippen LogP contribution in [-0.2, 0) is 23.9 Å². The molecule has 2 amide bonds. The van der Waals surface area contributed by atoms with E-state index < -0.39 is 0 Å². The summed E-state index contributed by atoms with van der Waals surface area (Å²) >= 11 is 0. The van der Waals surface area contributed by atoms with Crippen molar-refractivity contribution in [1.29, 1.82) is 0 Å². The average molecular weight is 345 g/mol. The fourth-order valence-corrected chi connectivity index (χ4v) is 1.43. The summed E-state index contributed by atoms with van der Waals surface area (Å²) in [5.41, 5.74) is 0.753. The van der Waals surface area contributed by atoms with E-state index in [2.05, 4.69) is 15.8 Å². The number of carbonyl (C=O) groups excluding carboxylic acids is 2. The second-order valence-electron chi connectivity index (χ2n) is 5.83. The molecule has 0 radical (unpaired) electrons. The van der Waals surface area contributed by atoms with Crippen LogP contribution in [0.1, 0.15) is 34.1 Å². The van der Waals surface area contributed by atoms with Gasteiger partial charge in [0, 0.05) is 19.5 Å². The van der Waals surface area contributed by atoms with Crippen molar-refractivity contribution in [3.05, 3.63) is 0 Å². The largest absolute Gasteiger partial charge is 0.386 e. The van der Waals surface area contributed by atoms with Gasteiger partial charge in [0.15, 0.2) is 6.61 Å². The molecule has 0 unspecified atom stereocenters. The third kappa shape index (κ3) is 16.7. The van der Waals surface area contributed by atoms with Gasteiger partial charge in [0.05, 0.1) is 32.1 Å². The first kappa shape index (κ1) is 22.3. The number of rotatable bonds is 14. The van der Waals surface area contributed by atoms with E-state index in [1.807, 2.05) is 13.8 Å². The van der Waals surface area contributed by atoms with Crippen LogP contribution in [0.4, 0.5) is 0 Å². The Morgan fingerprint density at radius 1 is 0.958 bits per heavy atom. The van der Waals surface area contributed by atoms with Gasteiger partial charge in [-0.25, -0.2) is 0 Å². The van der Waals surface area contributed by atoms with E-state index >= 15 is 0 Å². The van der Waals surface area contributed by atoms with Gasteiger partial charge in [-0.05, 0) is 19.8 Å². The minimum absolute atomic E-state index is 0.00264. The first-order valence-corrected chi connectivity index (χ1v) is 8.23. The van der Waals surface area contributed by atoms with Gasteiger partial charge in [-0.3, -0.25) is 9.59 Å². The molecule has 0 saturated carbocycles. The molecule has 0 aromatic rings. The van der Waals surface area contributed by atoms with E-state index in [1.54, 1.807) is 13.8 Å². The van der Waals surface area contributed by atoms with E-state index in [-0.39, 0.29) is 18.4 Å². The molecule has 8 nitrogen and oxygen atoms in total. The molecule has 0 atom stereocenters. The van der Waals surface area contributed by atoms with Gasteiger partial charge >= 0.3 is 0 Å². The van der Waals surface area contributed by atoms with Crippen LogP contribution in [0.3, 0.4) is 0 Å². The van der Waals surface area contributed by atoms with E-state index in [9.17, 15) is 9.59 Å². The summed E-state index contributed by atoms with van der Waals surface area (Å²) in [5.74, 6) is 0.197. The highest BCUT2D eigenvalue weighted by Gasteiger charge is 2.02. The number of amides is 2. The lowest BCUT2D eigenvalue weighted by Crippen LogP contribution is -2.30. The Bertz CT molecular complexity index is 382. The molecule has 0 aromatic carbocycles. The molecule has 2 N–H and O–H groups in total. The molecule has 24 heavy (non-hydrogen) atoms. The van der Waals surface area contributed by atoms with Gasteiger partial charge in [0.25, 0.3) is 5.91 Å². The second kappa shape index (κ2) is 14.9. The summed E-state index contributed by atoms with van der Waals surface area (Å²) in [6.07, 6.45) is 0.350. The zero-order valence-corrected chi connectivity index (χ0v) is 15.2. The molecule has 0 fully saturated rings. The molecule has 0 aliphatic heterocycles. The fraction of sp³-hybridized carbons (Fsp3) is 0.812. The van der Waals surface area contributed by atoms with Crippen molar-refractivity contribution in [3.8, 4) is 0 Å². The molecule has 0 rings (SSSR count). The molecule has 0 aliphatic carbocycles. The SMILES string of the molecule is CC(C)=NOCC(=O)NCCOCCOCCC(=O)NCC(C)C. The lowest BCUT2D eigenvalue weighted by Gasteiger charge is -2.08. The van der Waals surface area contributed by atoms with Gasteiger partial charge in [-0.15, -0.1) is 0 Å². The van der Waals surface area contributed by atoms with Gasteiger partial charge < -0.3 is 24.9 Å². The summed E-state index contributed by atoms with van der Waals surface area (Å²) in [4.78, 5) is 27.6. The monoisotopic (exact) mass is 345 g/mol. The smallest absolute Gasteiger partial charge is 0.260 e. The van der Waals surface area contributed by atoms with Crippen molar-refractivity contribution in [2.45, 2.75) is 34.1 Å². The first-order valence-electron chi connectivity index (χ1n) is 8.23. The molecule has 140 valence electrons. The van der Waals surface area contributed by atoms with Crippen LogP contribution >= 0.6 is 0 Å². The van der Waals surface area contributed by atoms with Crippen LogP contribution in [0.15, 0.2) is 5.16 Å². The summed E-state index contributed by atoms with van der Waals surface area (Å²) in [6.45, 7) is 10.2. The standard InChI is InChI=1S/C16H31N3O5/c1-13(2)11-18-15(20)5-7-22-9-10-23-8-6-17-16(21)12-24-19-14(3)4/h13H,5-12H2,1-4H3,(H,17,21)(H,18,20). The second-order valence-corrected chi connectivity index (χ2v) is 5.83. The topological polar surface area (TPSA) is 98.2 Å². The summed E-state index contributed by atoms with van der Waals surface area (Å²) in [5, 5.41) is 9.13. The highest BCUT2D eigenvalue weighted by atomic mass is 16.6. The zero-order valence-electron chi connectivity index (χ0n) is 15.2. The van der Waals surface area contributed by atoms with Gasteiger partial charge in [-0.2, -0.15) is 0 Å². The van der Waals surface area contributed by atoms with E-state index in [0.717, 1.165) is 5.71 Å². The van der Waals surface area contributed by atoms with E-state index in [0.29, 0.717) is 51.9 Å². The van der Waals surface area contributed by atoms with Crippen molar-refractivity contribution in [2.24, 2.45) is 11.1 Å². The van der Waals surface area contributed by atoms with E-state index in [4.69, 9.17) is 14.3 Å². The van der Waals surface area contributed by atoms with Gasteiger partial charge in [0.2, 0.25) is 5.91 Å². The van der Waals surface area contributed by atoms with Gasteiger partial charge in [-0.1, -0.05) is 19.0 Å². The number of hydrogen-bond acceptors (Lipinski definition) is 6. The Kier molecular flexibility index (Phi) is 13.9. The number of hydrogen-bond donors (Lipinski definition) is 2. The number of nitrogens with one attached hydrogen (secondary N) is 2. The Hall–Kier alpha value is -1.67. The molecule has 0 aliphatic rings. The summed E-state index contributed by atoms with van der Waals surface area (Å²) in [6, 6.07) is 0. The van der Waals surface area contributed by atoms with Gasteiger partial charge in [0.1, 0.15) is 0 Å². The van der Waals surface area contributed by atoms with Crippen LogP contribution < -0.4 is 10.6 Å². The predicted molar refractivity (Wildman–Crippen MR) is 91.8 cm³/mol. The zero-order chi connectivity index (χ0) is 18.2. The Balaban J connectivity index is 3.32. The summed E-state index contributed by atoms with van der Waals surface area (Å²) < 4.78 is 10.6. The number of oxime groups is 1. The number of carbonyl (C=O) groups is 2. The van der Waals surface area contributed by atoms with Crippen molar-refractivity contribution < 1.29 is 23.9 Å². The third-order valence-electron chi connectivity index (χ3n) is 2.56. The Morgan fingerprint density at radius 3 is 2.25 bits per heavy atom. The van der Waals surface area contributed by atoms with Crippen molar-refractivity contribution in [1.82, 2.24) is 10.6 Å². The number of nitrogens with zero attached hydrogens (tertiary/aromatic N) is 1. The van der Waals surface area contributed by atoms with Crippen LogP contribution in [0, 0.1) is 5.92 Å². The molecule has 0 saturated heterocycles. The quantitative estimate of drug-likeness (QED) is 0.274. The highest BCUT2D eigenvalue weighted by Crippen LogP contribution is 1.89. The predicted octanol–water partition coefficient (Wildman–Crippen LogP) is 0.711. The first-order chi connectivity index (χ1) is 11.4. The molecule has 0 bridgehead atoms. The Morgan fingerprint density at radius 2 is 1.62 bits per heavy atom. The number of ether oxygens (including phenoxy) is 2. The average Bonchev–Trinajstić information content (AvgIpc) is 2.50. The lowest BCUT2D eigenvalue weighted by molar-refractivity contribution is -0.126. The van der Waals surface area contributed by atoms with Crippen molar-refractivity contribution in [2.75, 3.05) is 46.1 Å². The van der Waals surface area contributed by atoms with Crippen LogP contribution in [0.2, 0.25) is 0 Å². The molecule has 0 spiro atoms. The Labute approximate surface area is 144 Å². The highest BCUT2D eigenvalue weighted by molar-refractivity contribution is 5.79. The maximum absolute atomic E-state index is 11.4. The van der Waals surface area contributed by atoms with Crippen molar-refractivity contribution in [3.63, 3.8) is 0 Å². The minimum Gasteiger partial charge on any atom is -0.386 e. The van der Waals surface area contributed by atoms with Crippen LogP contribution in [-0.4, -0.2) is 63.6 Å². The normalized spacial score (nSPS) is 10.4. The molecule has 8 heteroatoms. The van der Waals surface area contributed by atoms with E-state index in [1.165, 1.54) is 0 Å². The van der Waals surface area contributed by atoms with Crippen molar-refractivity contribution >= 4 is 17.5 Å². The molecular weight excluding hydrogens is 314 g/mol. The summed E-state index contributed by atoms with van der Waals surface area (Å²) in [7, 11) is 0. The molecule has 0 aromatic heterocycles. The third-order valence-corrected chi connectivity index (χ3v) is 2.56. The van der Waals surface area contributed by atoms with Crippen LogP contribution in [0.5, 0.6) is 0 Å². The molecular formula is C16H31N3O5. The van der Waals surface area contributed by atoms with Crippen LogP contribution in [0.25, 0.3) is 0 Å². The maximum atomic E-state index is 11.4. The molecule has 0 heterocycles. The minimum atomic E-state index is -0.243. The fourth-order valence-electron chi connectivity index (χ4n) is 1.43. The lowest BCUT2D eigenvalue weighted by atomic mass is 10.2. The maximum Gasteiger partial charge on any atom is 0.260 e.